The van der Waals surface area contributed by atoms with Gasteiger partial charge in [0, 0.05) is 12.5 Å². The van der Waals surface area contributed by atoms with Crippen molar-refractivity contribution in [1.82, 2.24) is 5.32 Å². The number of nitrogens with one attached hydrogen (secondary N) is 1. The van der Waals surface area contributed by atoms with Gasteiger partial charge in [0.25, 0.3) is 0 Å². The summed E-state index contributed by atoms with van der Waals surface area (Å²) in [6.07, 6.45) is -0.525. The number of hydrogen-bond acceptors (Lipinski definition) is 7. The lowest BCUT2D eigenvalue weighted by Crippen LogP contribution is -2.67. The molecule has 0 unspecified atom stereocenters. The SMILES string of the molecule is CSCO[C@H]1[C@@H](NC(C)=O)[C@@H](OCc2ccccc2)O[C@@H]2CO[C@H](c3ccccc3)O[C@H]12. The van der Waals surface area contributed by atoms with Gasteiger partial charge in [-0.05, 0) is 11.8 Å². The lowest BCUT2D eigenvalue weighted by atomic mass is 9.95. The van der Waals surface area contributed by atoms with E-state index in [1.54, 1.807) is 11.8 Å². The largest absolute Gasteiger partial charge is 0.362 e. The molecule has 6 atom stereocenters. The zero-order chi connectivity index (χ0) is 22.3. The lowest BCUT2D eigenvalue weighted by molar-refractivity contribution is -0.348. The van der Waals surface area contributed by atoms with Crippen LogP contribution in [0.4, 0.5) is 0 Å². The standard InChI is InChI=1S/C24H29NO6S/c1-16(26)25-20-22(29-15-32-2)21-19(14-28-23(31-21)18-11-7-4-8-12-18)30-24(20)27-13-17-9-5-3-6-10-17/h3-12,19-24H,13-15H2,1-2H3,(H,25,26)/t19-,20-,21+,22+,23+,24+/m1/s1. The molecule has 1 N–H and O–H groups in total. The van der Waals surface area contributed by atoms with Gasteiger partial charge in [-0.25, -0.2) is 0 Å². The summed E-state index contributed by atoms with van der Waals surface area (Å²) in [6.45, 7) is 2.16. The summed E-state index contributed by atoms with van der Waals surface area (Å²) in [6, 6.07) is 19.1. The second-order valence-electron chi connectivity index (χ2n) is 7.78. The fraction of sp³-hybridized carbons (Fsp3) is 0.458. The van der Waals surface area contributed by atoms with Crippen molar-refractivity contribution in [1.29, 1.82) is 0 Å². The Labute approximate surface area is 192 Å². The van der Waals surface area contributed by atoms with Crippen LogP contribution in [0.2, 0.25) is 0 Å². The Kier molecular flexibility index (Phi) is 8.18. The number of thioether (sulfide) groups is 1. The van der Waals surface area contributed by atoms with Gasteiger partial charge in [-0.1, -0.05) is 60.7 Å². The lowest BCUT2D eigenvalue weighted by Gasteiger charge is -2.49. The molecule has 0 spiro atoms. The van der Waals surface area contributed by atoms with Gasteiger partial charge in [0.2, 0.25) is 5.91 Å². The van der Waals surface area contributed by atoms with Crippen LogP contribution >= 0.6 is 11.8 Å². The predicted octanol–water partition coefficient (Wildman–Crippen LogP) is 3.25. The molecule has 0 bridgehead atoms. The van der Waals surface area contributed by atoms with Crippen molar-refractivity contribution in [3.8, 4) is 0 Å². The molecule has 8 heteroatoms. The highest BCUT2D eigenvalue weighted by Crippen LogP contribution is 2.36. The van der Waals surface area contributed by atoms with Gasteiger partial charge in [-0.2, -0.15) is 0 Å². The molecule has 2 heterocycles. The fourth-order valence-corrected chi connectivity index (χ4v) is 4.27. The number of rotatable bonds is 8. The summed E-state index contributed by atoms with van der Waals surface area (Å²) in [5.74, 6) is 0.269. The Morgan fingerprint density at radius 2 is 1.78 bits per heavy atom. The summed E-state index contributed by atoms with van der Waals surface area (Å²) in [7, 11) is 0. The molecule has 2 saturated heterocycles. The van der Waals surface area contributed by atoms with E-state index in [4.69, 9.17) is 23.7 Å². The Morgan fingerprint density at radius 3 is 2.47 bits per heavy atom. The van der Waals surface area contributed by atoms with Crippen molar-refractivity contribution < 1.29 is 28.5 Å². The normalized spacial score (nSPS) is 29.8. The molecule has 172 valence electrons. The molecule has 0 radical (unpaired) electrons. The highest BCUT2D eigenvalue weighted by Gasteiger charge is 2.51. The second-order valence-corrected chi connectivity index (χ2v) is 8.59. The van der Waals surface area contributed by atoms with Gasteiger partial charge < -0.3 is 29.0 Å². The smallest absolute Gasteiger partial charge is 0.217 e. The van der Waals surface area contributed by atoms with Crippen LogP contribution in [-0.2, 0) is 35.1 Å². The van der Waals surface area contributed by atoms with E-state index >= 15 is 0 Å². The Hall–Kier alpha value is -1.94. The number of fused-ring (bicyclic) bond motifs is 1. The number of carbonyl (C=O) groups is 1. The van der Waals surface area contributed by atoms with E-state index in [1.165, 1.54) is 6.92 Å². The highest BCUT2D eigenvalue weighted by atomic mass is 32.2. The molecule has 0 aromatic heterocycles. The van der Waals surface area contributed by atoms with E-state index in [0.717, 1.165) is 11.1 Å². The minimum absolute atomic E-state index is 0.185. The zero-order valence-corrected chi connectivity index (χ0v) is 19.0. The van der Waals surface area contributed by atoms with Crippen molar-refractivity contribution in [2.24, 2.45) is 0 Å². The first-order valence-corrected chi connectivity index (χ1v) is 12.1. The molecule has 4 rings (SSSR count). The van der Waals surface area contributed by atoms with Crippen molar-refractivity contribution >= 4 is 17.7 Å². The average Bonchev–Trinajstić information content (AvgIpc) is 2.82. The Bertz CT molecular complexity index is 854. The van der Waals surface area contributed by atoms with Crippen LogP contribution < -0.4 is 5.32 Å². The molecule has 32 heavy (non-hydrogen) atoms. The third-order valence-corrected chi connectivity index (χ3v) is 5.79. The predicted molar refractivity (Wildman–Crippen MR) is 121 cm³/mol. The van der Waals surface area contributed by atoms with Gasteiger partial charge >= 0.3 is 0 Å². The molecule has 1 amide bonds. The maximum Gasteiger partial charge on any atom is 0.217 e. The third-order valence-electron chi connectivity index (χ3n) is 5.42. The summed E-state index contributed by atoms with van der Waals surface area (Å²) in [5, 5.41) is 2.97. The van der Waals surface area contributed by atoms with Crippen LogP contribution in [-0.4, -0.2) is 55.4 Å². The third kappa shape index (κ3) is 5.70. The molecular formula is C24H29NO6S. The first kappa shape index (κ1) is 23.2. The van der Waals surface area contributed by atoms with Crippen LogP contribution in [0.3, 0.4) is 0 Å². The van der Waals surface area contributed by atoms with E-state index < -0.39 is 30.8 Å². The van der Waals surface area contributed by atoms with Crippen molar-refractivity contribution in [3.63, 3.8) is 0 Å². The van der Waals surface area contributed by atoms with Crippen LogP contribution in [0.1, 0.15) is 24.3 Å². The molecule has 7 nitrogen and oxygen atoms in total. The van der Waals surface area contributed by atoms with Crippen molar-refractivity contribution in [2.75, 3.05) is 18.8 Å². The molecular weight excluding hydrogens is 430 g/mol. The molecule has 2 aromatic carbocycles. The molecule has 2 aliphatic heterocycles. The quantitative estimate of drug-likeness (QED) is 0.608. The maximum atomic E-state index is 12.0. The molecule has 2 fully saturated rings. The minimum Gasteiger partial charge on any atom is -0.362 e. The molecule has 2 aliphatic rings. The van der Waals surface area contributed by atoms with Gasteiger partial charge in [0.05, 0.1) is 19.2 Å². The zero-order valence-electron chi connectivity index (χ0n) is 18.2. The second kappa shape index (κ2) is 11.3. The van der Waals surface area contributed by atoms with Crippen molar-refractivity contribution in [3.05, 3.63) is 71.8 Å². The number of benzene rings is 2. The topological polar surface area (TPSA) is 75.3 Å². The molecule has 0 saturated carbocycles. The number of hydrogen-bond donors (Lipinski definition) is 1. The van der Waals surface area contributed by atoms with E-state index in [2.05, 4.69) is 5.32 Å². The van der Waals surface area contributed by atoms with Gasteiger partial charge in [0.1, 0.15) is 24.4 Å². The Balaban J connectivity index is 1.54. The number of amides is 1. The molecule has 2 aromatic rings. The van der Waals surface area contributed by atoms with Crippen molar-refractivity contribution in [2.45, 2.75) is 50.5 Å². The first-order chi connectivity index (χ1) is 15.7. The van der Waals surface area contributed by atoms with Crippen LogP contribution in [0.15, 0.2) is 60.7 Å². The van der Waals surface area contributed by atoms with Gasteiger partial charge in [-0.15, -0.1) is 11.8 Å². The van der Waals surface area contributed by atoms with Crippen LogP contribution in [0.25, 0.3) is 0 Å². The maximum absolute atomic E-state index is 12.0. The summed E-state index contributed by atoms with van der Waals surface area (Å²) in [4.78, 5) is 12.0. The van der Waals surface area contributed by atoms with Gasteiger partial charge in [-0.3, -0.25) is 4.79 Å². The first-order valence-electron chi connectivity index (χ1n) is 10.7. The highest BCUT2D eigenvalue weighted by molar-refractivity contribution is 7.98. The number of carbonyl (C=O) groups excluding carboxylic acids is 1. The Morgan fingerprint density at radius 1 is 1.06 bits per heavy atom. The summed E-state index contributed by atoms with van der Waals surface area (Å²) in [5.41, 5.74) is 1.94. The van der Waals surface area contributed by atoms with Gasteiger partial charge in [0.15, 0.2) is 12.6 Å². The van der Waals surface area contributed by atoms with Crippen LogP contribution in [0.5, 0.6) is 0 Å². The summed E-state index contributed by atoms with van der Waals surface area (Å²) < 4.78 is 30.8. The van der Waals surface area contributed by atoms with E-state index in [0.29, 0.717) is 19.2 Å². The van der Waals surface area contributed by atoms with E-state index in [1.807, 2.05) is 66.9 Å². The van der Waals surface area contributed by atoms with E-state index in [-0.39, 0.29) is 12.0 Å². The number of ether oxygens (including phenoxy) is 5. The monoisotopic (exact) mass is 459 g/mol. The fourth-order valence-electron chi connectivity index (χ4n) is 3.98. The minimum atomic E-state index is -0.701. The average molecular weight is 460 g/mol. The van der Waals surface area contributed by atoms with E-state index in [9.17, 15) is 4.79 Å². The molecule has 0 aliphatic carbocycles. The summed E-state index contributed by atoms with van der Waals surface area (Å²) >= 11 is 1.56. The van der Waals surface area contributed by atoms with Crippen LogP contribution in [0, 0.1) is 0 Å².